The molecule has 0 aliphatic carbocycles. The molecule has 3 rings (SSSR count). The van der Waals surface area contributed by atoms with E-state index in [9.17, 15) is 10.1 Å². The zero-order valence-corrected chi connectivity index (χ0v) is 15.2. The third-order valence-corrected chi connectivity index (χ3v) is 4.38. The maximum Gasteiger partial charge on any atom is 0.274 e. The third kappa shape index (κ3) is 4.68. The van der Waals surface area contributed by atoms with Crippen LogP contribution in [0.3, 0.4) is 0 Å². The molecule has 140 valence electrons. The van der Waals surface area contributed by atoms with Gasteiger partial charge in [-0.05, 0) is 31.2 Å². The van der Waals surface area contributed by atoms with Gasteiger partial charge in [-0.25, -0.2) is 0 Å². The second-order valence-electron chi connectivity index (χ2n) is 6.23. The number of aromatic nitrogens is 2. The zero-order valence-electron chi connectivity index (χ0n) is 15.2. The molecular weight excluding hydrogens is 348 g/mol. The van der Waals surface area contributed by atoms with Crippen LogP contribution in [0.5, 0.6) is 5.75 Å². The molecule has 1 unspecified atom stereocenters. The number of nitro groups is 1. The summed E-state index contributed by atoms with van der Waals surface area (Å²) in [6.07, 6.45) is 0. The molecule has 0 saturated carbocycles. The van der Waals surface area contributed by atoms with Crippen LogP contribution in [0.2, 0.25) is 0 Å². The van der Waals surface area contributed by atoms with E-state index in [1.165, 1.54) is 17.0 Å². The molecule has 3 aromatic rings. The van der Waals surface area contributed by atoms with Crippen LogP contribution in [0.4, 0.5) is 5.69 Å². The number of nitrogens with one attached hydrogen (secondary N) is 1. The van der Waals surface area contributed by atoms with Gasteiger partial charge < -0.3 is 14.1 Å². The van der Waals surface area contributed by atoms with Gasteiger partial charge in [-0.1, -0.05) is 18.2 Å². The summed E-state index contributed by atoms with van der Waals surface area (Å²) in [5.74, 6) is 1.71. The van der Waals surface area contributed by atoms with Gasteiger partial charge in [-0.3, -0.25) is 10.1 Å². The topological polar surface area (TPSA) is 95.7 Å². The molecule has 1 N–H and O–H groups in total. The quantitative estimate of drug-likeness (QED) is 0.483. The second-order valence-corrected chi connectivity index (χ2v) is 6.23. The van der Waals surface area contributed by atoms with E-state index in [2.05, 4.69) is 10.2 Å². The molecule has 0 bridgehead atoms. The molecule has 0 fully saturated rings. The highest BCUT2D eigenvalue weighted by atomic mass is 16.6. The Morgan fingerprint density at radius 1 is 1.15 bits per heavy atom. The monoisotopic (exact) mass is 369 g/mol. The lowest BCUT2D eigenvalue weighted by atomic mass is 10.2. The van der Waals surface area contributed by atoms with Crippen LogP contribution in [0.15, 0.2) is 59.0 Å². The van der Waals surface area contributed by atoms with E-state index in [0.717, 1.165) is 12.3 Å². The highest BCUT2D eigenvalue weighted by Crippen LogP contribution is 2.22. The summed E-state index contributed by atoms with van der Waals surface area (Å²) in [6.45, 7) is 3.35. The van der Waals surface area contributed by atoms with Crippen LogP contribution in [-0.4, -0.2) is 35.3 Å². The van der Waals surface area contributed by atoms with Crippen LogP contribution in [0, 0.1) is 10.1 Å². The lowest BCUT2D eigenvalue weighted by molar-refractivity contribution is -0.911. The zero-order chi connectivity index (χ0) is 19.2. The van der Waals surface area contributed by atoms with Gasteiger partial charge in [0.2, 0.25) is 5.89 Å². The fourth-order valence-corrected chi connectivity index (χ4v) is 2.53. The number of non-ortho nitro benzene ring substituents is 1. The molecule has 0 aliphatic rings. The smallest absolute Gasteiger partial charge is 0.274 e. The number of para-hydroxylation sites is 1. The highest BCUT2D eigenvalue weighted by molar-refractivity contribution is 5.55. The molecule has 8 heteroatoms. The van der Waals surface area contributed by atoms with E-state index < -0.39 is 4.92 Å². The van der Waals surface area contributed by atoms with E-state index in [4.69, 9.17) is 9.15 Å². The minimum Gasteiger partial charge on any atom is -0.488 e. The standard InChI is InChI=1S/C19H20N4O4/c1-14(22(2)12-13-26-17-6-4-3-5-7-17)18-20-21-19(27-18)15-8-10-16(11-9-15)23(24)25/h3-11,14H,12-13H2,1-2H3/p+1/t14-/m1/s1. The number of nitrogens with zero attached hydrogens (tertiary/aromatic N) is 3. The first-order valence-electron chi connectivity index (χ1n) is 8.63. The summed E-state index contributed by atoms with van der Waals surface area (Å²) in [7, 11) is 2.04. The summed E-state index contributed by atoms with van der Waals surface area (Å²) < 4.78 is 11.5. The van der Waals surface area contributed by atoms with E-state index >= 15 is 0 Å². The van der Waals surface area contributed by atoms with Crippen molar-refractivity contribution >= 4 is 5.69 Å². The molecular formula is C19H21N4O4+. The molecule has 0 spiro atoms. The van der Waals surface area contributed by atoms with Crippen molar-refractivity contribution in [3.8, 4) is 17.2 Å². The molecule has 8 nitrogen and oxygen atoms in total. The van der Waals surface area contributed by atoms with Gasteiger partial charge in [0.1, 0.15) is 18.9 Å². The average Bonchev–Trinajstić information content (AvgIpc) is 3.18. The molecule has 27 heavy (non-hydrogen) atoms. The highest BCUT2D eigenvalue weighted by Gasteiger charge is 2.22. The summed E-state index contributed by atoms with van der Waals surface area (Å²) in [5.41, 5.74) is 0.672. The number of rotatable bonds is 8. The average molecular weight is 369 g/mol. The van der Waals surface area contributed by atoms with Gasteiger partial charge in [0, 0.05) is 17.7 Å². The first kappa shape index (κ1) is 18.5. The third-order valence-electron chi connectivity index (χ3n) is 4.38. The Hall–Kier alpha value is -3.26. The Morgan fingerprint density at radius 3 is 2.52 bits per heavy atom. The van der Waals surface area contributed by atoms with Gasteiger partial charge in [-0.2, -0.15) is 0 Å². The van der Waals surface area contributed by atoms with E-state index in [1.54, 1.807) is 12.1 Å². The van der Waals surface area contributed by atoms with Crippen LogP contribution in [0.1, 0.15) is 18.9 Å². The number of nitro benzene ring substituents is 1. The lowest BCUT2D eigenvalue weighted by Gasteiger charge is -2.18. The predicted octanol–water partition coefficient (Wildman–Crippen LogP) is 2.30. The molecule has 0 aliphatic heterocycles. The van der Waals surface area contributed by atoms with Gasteiger partial charge >= 0.3 is 0 Å². The van der Waals surface area contributed by atoms with Crippen LogP contribution >= 0.6 is 0 Å². The van der Waals surface area contributed by atoms with Crippen molar-refractivity contribution in [2.24, 2.45) is 0 Å². The lowest BCUT2D eigenvalue weighted by Crippen LogP contribution is -3.09. The fraction of sp³-hybridized carbons (Fsp3) is 0.263. The van der Waals surface area contributed by atoms with Crippen molar-refractivity contribution in [3.63, 3.8) is 0 Å². The first-order valence-corrected chi connectivity index (χ1v) is 8.63. The second kappa shape index (κ2) is 8.41. The molecule has 2 aromatic carbocycles. The normalized spacial score (nSPS) is 13.1. The minimum atomic E-state index is -0.444. The van der Waals surface area contributed by atoms with Gasteiger partial charge in [0.05, 0.1) is 12.0 Å². The van der Waals surface area contributed by atoms with Crippen molar-refractivity contribution in [2.75, 3.05) is 20.2 Å². The maximum absolute atomic E-state index is 10.7. The molecule has 0 amide bonds. The number of ether oxygens (including phenoxy) is 1. The molecule has 0 radical (unpaired) electrons. The number of benzene rings is 2. The van der Waals surface area contributed by atoms with Gasteiger partial charge in [0.15, 0.2) is 6.04 Å². The van der Waals surface area contributed by atoms with Crippen molar-refractivity contribution in [2.45, 2.75) is 13.0 Å². The van der Waals surface area contributed by atoms with Crippen molar-refractivity contribution in [3.05, 3.63) is 70.6 Å². The number of likely N-dealkylation sites (N-methyl/N-ethyl adjacent to an activating group) is 1. The summed E-state index contributed by atoms with van der Waals surface area (Å²) in [6, 6.07) is 15.7. The number of hydrogen-bond acceptors (Lipinski definition) is 6. The van der Waals surface area contributed by atoms with Crippen molar-refractivity contribution in [1.29, 1.82) is 0 Å². The van der Waals surface area contributed by atoms with Crippen molar-refractivity contribution in [1.82, 2.24) is 10.2 Å². The number of quaternary nitrogens is 1. The Balaban J connectivity index is 1.58. The summed E-state index contributed by atoms with van der Waals surface area (Å²) in [5, 5.41) is 18.9. The Morgan fingerprint density at radius 2 is 1.85 bits per heavy atom. The van der Waals surface area contributed by atoms with Crippen LogP contribution in [-0.2, 0) is 0 Å². The van der Waals surface area contributed by atoms with Gasteiger partial charge in [-0.15, -0.1) is 10.2 Å². The molecule has 2 atom stereocenters. The van der Waals surface area contributed by atoms with Crippen molar-refractivity contribution < 1.29 is 19.0 Å². The van der Waals surface area contributed by atoms with E-state index in [1.807, 2.05) is 44.3 Å². The molecule has 1 heterocycles. The molecule has 1 aromatic heterocycles. The summed E-state index contributed by atoms with van der Waals surface area (Å²) in [4.78, 5) is 11.5. The Bertz CT molecular complexity index is 880. The fourth-order valence-electron chi connectivity index (χ4n) is 2.53. The van der Waals surface area contributed by atoms with Crippen LogP contribution < -0.4 is 9.64 Å². The summed E-state index contributed by atoms with van der Waals surface area (Å²) >= 11 is 0. The Labute approximate surface area is 156 Å². The predicted molar refractivity (Wildman–Crippen MR) is 98.5 cm³/mol. The maximum atomic E-state index is 10.7. The van der Waals surface area contributed by atoms with E-state index in [-0.39, 0.29) is 11.7 Å². The SMILES string of the molecule is C[C@H](c1nnc(-c2ccc([N+](=O)[O-])cc2)o1)[NH+](C)CCOc1ccccc1. The Kier molecular flexibility index (Phi) is 5.77. The minimum absolute atomic E-state index is 0.0105. The largest absolute Gasteiger partial charge is 0.488 e. The molecule has 0 saturated heterocycles. The van der Waals surface area contributed by atoms with Crippen LogP contribution in [0.25, 0.3) is 11.5 Å². The van der Waals surface area contributed by atoms with E-state index in [0.29, 0.717) is 24.0 Å². The van der Waals surface area contributed by atoms with Gasteiger partial charge in [0.25, 0.3) is 11.6 Å². The first-order chi connectivity index (χ1) is 13.0. The number of hydrogen-bond donors (Lipinski definition) is 1.